The number of benzene rings is 3. The minimum Gasteiger partial charge on any atom is -0.352 e. The maximum Gasteiger partial charge on any atom is 0.244 e. The lowest BCUT2D eigenvalue weighted by Crippen LogP contribution is -2.54. The summed E-state index contributed by atoms with van der Waals surface area (Å²) in [6.07, 6.45) is 5.18. The van der Waals surface area contributed by atoms with Crippen molar-refractivity contribution in [3.63, 3.8) is 0 Å². The van der Waals surface area contributed by atoms with Crippen molar-refractivity contribution < 1.29 is 18.0 Å². The molecule has 3 aromatic rings. The van der Waals surface area contributed by atoms with Crippen LogP contribution in [0.3, 0.4) is 0 Å². The van der Waals surface area contributed by atoms with E-state index in [1.807, 2.05) is 60.7 Å². The van der Waals surface area contributed by atoms with Crippen molar-refractivity contribution in [1.82, 2.24) is 10.2 Å². The number of hydrogen-bond acceptors (Lipinski definition) is 4. The number of sulfonamides is 1. The molecule has 1 aliphatic rings. The second kappa shape index (κ2) is 13.5. The van der Waals surface area contributed by atoms with E-state index in [2.05, 4.69) is 5.32 Å². The predicted molar refractivity (Wildman–Crippen MR) is 160 cm³/mol. The quantitative estimate of drug-likeness (QED) is 0.316. The minimum absolute atomic E-state index is 0.0554. The number of halogens is 2. The summed E-state index contributed by atoms with van der Waals surface area (Å²) in [5, 5.41) is 3.59. The topological polar surface area (TPSA) is 86.8 Å². The van der Waals surface area contributed by atoms with Gasteiger partial charge in [0, 0.05) is 24.0 Å². The van der Waals surface area contributed by atoms with Crippen molar-refractivity contribution in [1.29, 1.82) is 0 Å². The molecule has 1 aliphatic carbocycles. The Morgan fingerprint density at radius 1 is 0.925 bits per heavy atom. The molecule has 0 heterocycles. The standard InChI is InChI=1S/C30H33Cl2N3O4S/c1-40(38,39)35(27-17-16-24(31)19-26(27)32)21-29(36)34(20-23-12-6-3-7-13-23)28(18-22-10-4-2-5-11-22)30(37)33-25-14-8-9-15-25/h2-7,10-13,16-17,19,25,28H,8-9,14-15,18,20-21H2,1H3,(H,33,37)/t28-/m1/s1. The molecule has 3 aromatic carbocycles. The Morgan fingerprint density at radius 3 is 2.10 bits per heavy atom. The normalized spacial score (nSPS) is 14.5. The van der Waals surface area contributed by atoms with E-state index in [9.17, 15) is 18.0 Å². The fourth-order valence-corrected chi connectivity index (χ4v) is 6.40. The Balaban J connectivity index is 1.72. The zero-order chi connectivity index (χ0) is 28.7. The third kappa shape index (κ3) is 7.99. The summed E-state index contributed by atoms with van der Waals surface area (Å²) in [6.45, 7) is -0.407. The first-order chi connectivity index (χ1) is 19.1. The molecule has 40 heavy (non-hydrogen) atoms. The number of anilines is 1. The molecule has 1 atom stereocenters. The summed E-state index contributed by atoms with van der Waals surface area (Å²) in [6, 6.07) is 22.4. The minimum atomic E-state index is -3.92. The van der Waals surface area contributed by atoms with Crippen LogP contribution in [0.1, 0.15) is 36.8 Å². The number of carbonyl (C=O) groups is 2. The molecule has 0 bridgehead atoms. The van der Waals surface area contributed by atoms with Gasteiger partial charge in [-0.3, -0.25) is 13.9 Å². The van der Waals surface area contributed by atoms with Crippen LogP contribution in [0.4, 0.5) is 5.69 Å². The van der Waals surface area contributed by atoms with E-state index in [4.69, 9.17) is 23.2 Å². The van der Waals surface area contributed by atoms with Crippen LogP contribution in [0, 0.1) is 0 Å². The SMILES string of the molecule is CS(=O)(=O)N(CC(=O)N(Cc1ccccc1)[C@H](Cc1ccccc1)C(=O)NC1CCCC1)c1ccc(Cl)cc1Cl. The highest BCUT2D eigenvalue weighted by Crippen LogP contribution is 2.31. The molecular weight excluding hydrogens is 569 g/mol. The van der Waals surface area contributed by atoms with Crippen LogP contribution in [0.5, 0.6) is 0 Å². The lowest BCUT2D eigenvalue weighted by Gasteiger charge is -2.34. The Bertz CT molecular complexity index is 1420. The molecule has 0 radical (unpaired) electrons. The van der Waals surface area contributed by atoms with Gasteiger partial charge in [-0.1, -0.05) is 96.7 Å². The molecule has 0 aromatic heterocycles. The number of nitrogens with zero attached hydrogens (tertiary/aromatic N) is 2. The maximum atomic E-state index is 14.1. The van der Waals surface area contributed by atoms with Gasteiger partial charge in [0.25, 0.3) is 0 Å². The number of amides is 2. The summed E-state index contributed by atoms with van der Waals surface area (Å²) in [7, 11) is -3.92. The average molecular weight is 603 g/mol. The van der Waals surface area contributed by atoms with Gasteiger partial charge < -0.3 is 10.2 Å². The highest BCUT2D eigenvalue weighted by molar-refractivity contribution is 7.92. The summed E-state index contributed by atoms with van der Waals surface area (Å²) in [4.78, 5) is 29.4. The second-order valence-corrected chi connectivity index (χ2v) is 12.8. The van der Waals surface area contributed by atoms with Crippen LogP contribution in [-0.4, -0.2) is 50.0 Å². The van der Waals surface area contributed by atoms with Crippen LogP contribution in [0.2, 0.25) is 10.0 Å². The Morgan fingerprint density at radius 2 is 1.52 bits per heavy atom. The summed E-state index contributed by atoms with van der Waals surface area (Å²) < 4.78 is 26.7. The van der Waals surface area contributed by atoms with Gasteiger partial charge in [-0.15, -0.1) is 0 Å². The van der Waals surface area contributed by atoms with Gasteiger partial charge in [-0.2, -0.15) is 0 Å². The van der Waals surface area contributed by atoms with Gasteiger partial charge in [0.05, 0.1) is 17.0 Å². The van der Waals surface area contributed by atoms with Crippen molar-refractivity contribution >= 4 is 50.7 Å². The number of carbonyl (C=O) groups excluding carboxylic acids is 2. The molecule has 212 valence electrons. The van der Waals surface area contributed by atoms with Crippen molar-refractivity contribution in [2.75, 3.05) is 17.1 Å². The fraction of sp³-hybridized carbons (Fsp3) is 0.333. The van der Waals surface area contributed by atoms with Gasteiger partial charge in [0.15, 0.2) is 0 Å². The van der Waals surface area contributed by atoms with Gasteiger partial charge in [0.1, 0.15) is 12.6 Å². The molecule has 2 amide bonds. The molecule has 0 saturated heterocycles. The lowest BCUT2D eigenvalue weighted by molar-refractivity contribution is -0.140. The zero-order valence-electron chi connectivity index (χ0n) is 22.3. The van der Waals surface area contributed by atoms with E-state index >= 15 is 0 Å². The van der Waals surface area contributed by atoms with Gasteiger partial charge in [-0.05, 0) is 42.2 Å². The van der Waals surface area contributed by atoms with Gasteiger partial charge >= 0.3 is 0 Å². The zero-order valence-corrected chi connectivity index (χ0v) is 24.6. The summed E-state index contributed by atoms with van der Waals surface area (Å²) >= 11 is 12.4. The molecule has 0 spiro atoms. The highest BCUT2D eigenvalue weighted by atomic mass is 35.5. The second-order valence-electron chi connectivity index (χ2n) is 10.1. The van der Waals surface area contributed by atoms with Crippen LogP contribution >= 0.6 is 23.2 Å². The maximum absolute atomic E-state index is 14.1. The van der Waals surface area contributed by atoms with E-state index in [-0.39, 0.29) is 35.6 Å². The van der Waals surface area contributed by atoms with Gasteiger partial charge in [-0.25, -0.2) is 8.42 Å². The molecular formula is C30H33Cl2N3O4S. The largest absolute Gasteiger partial charge is 0.352 e. The highest BCUT2D eigenvalue weighted by Gasteiger charge is 2.34. The molecule has 1 fully saturated rings. The predicted octanol–water partition coefficient (Wildman–Crippen LogP) is 5.46. The Kier molecular flexibility index (Phi) is 10.1. The average Bonchev–Trinajstić information content (AvgIpc) is 3.43. The lowest BCUT2D eigenvalue weighted by atomic mass is 10.0. The Labute approximate surface area is 246 Å². The van der Waals surface area contributed by atoms with Crippen LogP contribution in [0.25, 0.3) is 0 Å². The molecule has 10 heteroatoms. The van der Waals surface area contributed by atoms with E-state index in [0.717, 1.165) is 47.4 Å². The molecule has 0 aliphatic heterocycles. The number of rotatable bonds is 11. The fourth-order valence-electron chi connectivity index (χ4n) is 4.98. The van der Waals surface area contributed by atoms with Crippen LogP contribution in [0.15, 0.2) is 78.9 Å². The van der Waals surface area contributed by atoms with E-state index < -0.39 is 28.5 Å². The van der Waals surface area contributed by atoms with Crippen molar-refractivity contribution in [2.45, 2.75) is 50.7 Å². The smallest absolute Gasteiger partial charge is 0.244 e. The van der Waals surface area contributed by atoms with E-state index in [1.165, 1.54) is 23.1 Å². The van der Waals surface area contributed by atoms with Crippen molar-refractivity contribution in [3.8, 4) is 0 Å². The first-order valence-corrected chi connectivity index (χ1v) is 15.8. The molecule has 0 unspecified atom stereocenters. The van der Waals surface area contributed by atoms with Gasteiger partial charge in [0.2, 0.25) is 21.8 Å². The molecule has 7 nitrogen and oxygen atoms in total. The first-order valence-electron chi connectivity index (χ1n) is 13.2. The monoisotopic (exact) mass is 601 g/mol. The van der Waals surface area contributed by atoms with E-state index in [0.29, 0.717) is 5.02 Å². The third-order valence-corrected chi connectivity index (χ3v) is 8.69. The Hall–Kier alpha value is -3.07. The number of hydrogen-bond donors (Lipinski definition) is 1. The molecule has 1 N–H and O–H groups in total. The summed E-state index contributed by atoms with van der Waals surface area (Å²) in [5.41, 5.74) is 1.84. The molecule has 4 rings (SSSR count). The molecule has 1 saturated carbocycles. The van der Waals surface area contributed by atoms with Crippen LogP contribution < -0.4 is 9.62 Å². The third-order valence-electron chi connectivity index (χ3n) is 7.03. The van der Waals surface area contributed by atoms with E-state index in [1.54, 1.807) is 0 Å². The first kappa shape index (κ1) is 29.9. The number of nitrogens with one attached hydrogen (secondary N) is 1. The van der Waals surface area contributed by atoms with Crippen LogP contribution in [-0.2, 0) is 32.6 Å². The van der Waals surface area contributed by atoms with Crippen molar-refractivity contribution in [3.05, 3.63) is 100 Å². The van der Waals surface area contributed by atoms with Crippen molar-refractivity contribution in [2.24, 2.45) is 0 Å². The summed E-state index contributed by atoms with van der Waals surface area (Å²) in [5.74, 6) is -0.779.